The van der Waals surface area contributed by atoms with Crippen molar-refractivity contribution in [1.29, 1.82) is 0 Å². The molecule has 2 heterocycles. The highest BCUT2D eigenvalue weighted by Gasteiger charge is 2.31. The predicted octanol–water partition coefficient (Wildman–Crippen LogP) is 3.65. The molecule has 0 saturated carbocycles. The second-order valence-corrected chi connectivity index (χ2v) is 6.21. The molecule has 0 bridgehead atoms. The molecule has 0 spiro atoms. The van der Waals surface area contributed by atoms with Gasteiger partial charge in [0.1, 0.15) is 5.01 Å². The molecule has 1 aromatic heterocycles. The molecule has 0 radical (unpaired) electrons. The summed E-state index contributed by atoms with van der Waals surface area (Å²) in [5, 5.41) is 2.89. The molecule has 2 atom stereocenters. The van der Waals surface area contributed by atoms with Gasteiger partial charge in [-0.15, -0.1) is 11.3 Å². The molecule has 1 fully saturated rings. The number of thiazole rings is 1. The van der Waals surface area contributed by atoms with Crippen LogP contribution in [0.3, 0.4) is 0 Å². The number of rotatable bonds is 6. The van der Waals surface area contributed by atoms with Gasteiger partial charge in [-0.2, -0.15) is 0 Å². The maximum atomic E-state index is 11.7. The number of carbonyl (C=O) groups is 1. The van der Waals surface area contributed by atoms with Crippen LogP contribution in [-0.4, -0.2) is 35.0 Å². The summed E-state index contributed by atoms with van der Waals surface area (Å²) in [7, 11) is 0. The zero-order valence-electron chi connectivity index (χ0n) is 12.6. The van der Waals surface area contributed by atoms with Gasteiger partial charge in [-0.25, -0.2) is 9.78 Å². The van der Waals surface area contributed by atoms with Crippen molar-refractivity contribution in [2.45, 2.75) is 58.5 Å². The Bertz CT molecular complexity index is 447. The highest BCUT2D eigenvalue weighted by molar-refractivity contribution is 7.09. The van der Waals surface area contributed by atoms with Crippen molar-refractivity contribution < 1.29 is 9.53 Å². The number of nitrogens with zero attached hydrogens (tertiary/aromatic N) is 2. The van der Waals surface area contributed by atoms with E-state index < -0.39 is 0 Å². The van der Waals surface area contributed by atoms with E-state index in [1.54, 1.807) is 11.3 Å². The van der Waals surface area contributed by atoms with E-state index in [0.29, 0.717) is 24.4 Å². The lowest BCUT2D eigenvalue weighted by atomic mass is 10.1. The van der Waals surface area contributed by atoms with Crippen LogP contribution in [0.2, 0.25) is 0 Å². The van der Waals surface area contributed by atoms with Crippen LogP contribution in [0.1, 0.15) is 68.0 Å². The van der Waals surface area contributed by atoms with Gasteiger partial charge >= 0.3 is 5.97 Å². The first-order chi connectivity index (χ1) is 9.67. The Balaban J connectivity index is 2.08. The minimum atomic E-state index is -0.304. The van der Waals surface area contributed by atoms with E-state index in [1.165, 1.54) is 19.3 Å². The first-order valence-electron chi connectivity index (χ1n) is 7.55. The number of hydrogen-bond donors (Lipinski definition) is 0. The topological polar surface area (TPSA) is 42.4 Å². The number of ether oxygens (including phenoxy) is 1. The molecule has 1 aliphatic rings. The van der Waals surface area contributed by atoms with Gasteiger partial charge in [0, 0.05) is 11.4 Å². The summed E-state index contributed by atoms with van der Waals surface area (Å²) in [6, 6.07) is 0.965. The fraction of sp³-hybridized carbons (Fsp3) is 0.733. The molecule has 0 N–H and O–H groups in total. The van der Waals surface area contributed by atoms with E-state index in [2.05, 4.69) is 23.7 Å². The molecular weight excluding hydrogens is 272 g/mol. The standard InChI is InChI=1S/C15H24N2O2S/c1-4-7-11(3)17-9-6-8-13(17)14-16-12(10-20-14)15(18)19-5-2/h10-11,13H,4-9H2,1-3H3/t11-,13-/m1/s1. The first-order valence-corrected chi connectivity index (χ1v) is 8.43. The number of aromatic nitrogens is 1. The second kappa shape index (κ2) is 7.18. The molecule has 0 unspecified atom stereocenters. The van der Waals surface area contributed by atoms with E-state index in [4.69, 9.17) is 4.74 Å². The summed E-state index contributed by atoms with van der Waals surface area (Å²) in [5.74, 6) is -0.304. The van der Waals surface area contributed by atoms with Crippen LogP contribution in [0.4, 0.5) is 0 Å². The van der Waals surface area contributed by atoms with Crippen molar-refractivity contribution in [1.82, 2.24) is 9.88 Å². The van der Waals surface area contributed by atoms with Crippen LogP contribution in [0.25, 0.3) is 0 Å². The molecule has 1 aromatic rings. The second-order valence-electron chi connectivity index (χ2n) is 5.33. The molecule has 112 valence electrons. The lowest BCUT2D eigenvalue weighted by Crippen LogP contribution is -2.32. The summed E-state index contributed by atoms with van der Waals surface area (Å²) < 4.78 is 5.01. The summed E-state index contributed by atoms with van der Waals surface area (Å²) >= 11 is 1.59. The number of esters is 1. The molecule has 0 aliphatic carbocycles. The van der Waals surface area contributed by atoms with E-state index in [0.717, 1.165) is 18.0 Å². The predicted molar refractivity (Wildman–Crippen MR) is 81.1 cm³/mol. The van der Waals surface area contributed by atoms with Gasteiger partial charge in [-0.05, 0) is 39.7 Å². The zero-order valence-corrected chi connectivity index (χ0v) is 13.4. The molecular formula is C15H24N2O2S. The van der Waals surface area contributed by atoms with Gasteiger partial charge in [0.15, 0.2) is 5.69 Å². The van der Waals surface area contributed by atoms with Crippen LogP contribution in [0.15, 0.2) is 5.38 Å². The van der Waals surface area contributed by atoms with E-state index in [-0.39, 0.29) is 5.97 Å². The Hall–Kier alpha value is -0.940. The van der Waals surface area contributed by atoms with Crippen LogP contribution >= 0.6 is 11.3 Å². The van der Waals surface area contributed by atoms with E-state index in [1.807, 2.05) is 12.3 Å². The molecule has 2 rings (SSSR count). The Morgan fingerprint density at radius 3 is 3.10 bits per heavy atom. The highest BCUT2D eigenvalue weighted by Crippen LogP contribution is 2.36. The molecule has 5 heteroatoms. The maximum absolute atomic E-state index is 11.7. The van der Waals surface area contributed by atoms with Crippen molar-refractivity contribution in [3.05, 3.63) is 16.1 Å². The van der Waals surface area contributed by atoms with Crippen LogP contribution in [-0.2, 0) is 4.74 Å². The normalized spacial score (nSPS) is 21.1. The smallest absolute Gasteiger partial charge is 0.357 e. The minimum absolute atomic E-state index is 0.304. The number of hydrogen-bond acceptors (Lipinski definition) is 5. The highest BCUT2D eigenvalue weighted by atomic mass is 32.1. The molecule has 1 aliphatic heterocycles. The third-order valence-electron chi connectivity index (χ3n) is 3.86. The van der Waals surface area contributed by atoms with E-state index >= 15 is 0 Å². The quantitative estimate of drug-likeness (QED) is 0.752. The Labute approximate surface area is 125 Å². The lowest BCUT2D eigenvalue weighted by molar-refractivity contribution is 0.0520. The number of carbonyl (C=O) groups excluding carboxylic acids is 1. The summed E-state index contributed by atoms with van der Waals surface area (Å²) in [6.45, 7) is 7.87. The lowest BCUT2D eigenvalue weighted by Gasteiger charge is -2.29. The van der Waals surface area contributed by atoms with Gasteiger partial charge in [-0.3, -0.25) is 4.90 Å². The van der Waals surface area contributed by atoms with Crippen molar-refractivity contribution >= 4 is 17.3 Å². The third kappa shape index (κ3) is 3.38. The average Bonchev–Trinajstić information content (AvgIpc) is 3.08. The van der Waals surface area contributed by atoms with Gasteiger partial charge in [-0.1, -0.05) is 13.3 Å². The fourth-order valence-corrected chi connectivity index (χ4v) is 3.85. The minimum Gasteiger partial charge on any atom is -0.461 e. The van der Waals surface area contributed by atoms with Crippen molar-refractivity contribution in [2.75, 3.05) is 13.2 Å². The van der Waals surface area contributed by atoms with Gasteiger partial charge in [0.25, 0.3) is 0 Å². The fourth-order valence-electron chi connectivity index (χ4n) is 2.90. The van der Waals surface area contributed by atoms with E-state index in [9.17, 15) is 4.79 Å². The molecule has 20 heavy (non-hydrogen) atoms. The maximum Gasteiger partial charge on any atom is 0.357 e. The average molecular weight is 296 g/mol. The first kappa shape index (κ1) is 15.4. The third-order valence-corrected chi connectivity index (χ3v) is 4.80. The molecule has 1 saturated heterocycles. The number of likely N-dealkylation sites (tertiary alicyclic amines) is 1. The summed E-state index contributed by atoms with van der Waals surface area (Å²) in [5.41, 5.74) is 0.460. The molecule has 0 aromatic carbocycles. The Morgan fingerprint density at radius 2 is 2.40 bits per heavy atom. The Kier molecular flexibility index (Phi) is 5.54. The monoisotopic (exact) mass is 296 g/mol. The van der Waals surface area contributed by atoms with Crippen LogP contribution in [0.5, 0.6) is 0 Å². The molecule has 4 nitrogen and oxygen atoms in total. The van der Waals surface area contributed by atoms with Gasteiger partial charge < -0.3 is 4.74 Å². The van der Waals surface area contributed by atoms with Gasteiger partial charge in [0.2, 0.25) is 0 Å². The Morgan fingerprint density at radius 1 is 1.60 bits per heavy atom. The summed E-state index contributed by atoms with van der Waals surface area (Å²) in [4.78, 5) is 18.7. The largest absolute Gasteiger partial charge is 0.461 e. The van der Waals surface area contributed by atoms with Crippen molar-refractivity contribution in [3.8, 4) is 0 Å². The SMILES string of the molecule is CCC[C@@H](C)N1CCC[C@@H]1c1nc(C(=O)OCC)cs1. The van der Waals surface area contributed by atoms with Crippen LogP contribution < -0.4 is 0 Å². The summed E-state index contributed by atoms with van der Waals surface area (Å²) in [6.07, 6.45) is 4.78. The molecule has 0 amide bonds. The van der Waals surface area contributed by atoms with Crippen LogP contribution in [0, 0.1) is 0 Å². The van der Waals surface area contributed by atoms with Gasteiger partial charge in [0.05, 0.1) is 12.6 Å². The van der Waals surface area contributed by atoms with Crippen molar-refractivity contribution in [2.24, 2.45) is 0 Å². The zero-order chi connectivity index (χ0) is 14.5. The van der Waals surface area contributed by atoms with Crippen molar-refractivity contribution in [3.63, 3.8) is 0 Å².